The Morgan fingerprint density at radius 3 is 2.83 bits per heavy atom. The zero-order valence-corrected chi connectivity index (χ0v) is 14.8. The largest absolute Gasteiger partial charge is 0.383 e. The molecule has 0 saturated heterocycles. The number of nitrogens with zero attached hydrogens (tertiary/aromatic N) is 4. The minimum Gasteiger partial charge on any atom is -0.383 e. The van der Waals surface area contributed by atoms with Crippen LogP contribution in [0.3, 0.4) is 0 Å². The second-order valence-corrected chi connectivity index (χ2v) is 6.57. The molecule has 0 aliphatic heterocycles. The van der Waals surface area contributed by atoms with Crippen LogP contribution in [0.1, 0.15) is 22.2 Å². The van der Waals surface area contributed by atoms with Gasteiger partial charge in [0.15, 0.2) is 11.6 Å². The van der Waals surface area contributed by atoms with Crippen molar-refractivity contribution in [3.8, 4) is 16.8 Å². The Labute approximate surface area is 149 Å². The van der Waals surface area contributed by atoms with E-state index in [-0.39, 0.29) is 5.25 Å². The molecule has 1 aromatic carbocycles. The summed E-state index contributed by atoms with van der Waals surface area (Å²) in [7, 11) is 1.66. The Kier molecular flexibility index (Phi) is 5.30. The van der Waals surface area contributed by atoms with Crippen LogP contribution in [0.15, 0.2) is 41.8 Å². The van der Waals surface area contributed by atoms with E-state index in [1.165, 1.54) is 0 Å². The minimum absolute atomic E-state index is 0.334. The molecule has 0 radical (unpaired) electrons. The van der Waals surface area contributed by atoms with E-state index in [0.29, 0.717) is 24.5 Å². The predicted octanol–water partition coefficient (Wildman–Crippen LogP) is 3.54. The monoisotopic (exact) mass is 356 g/mol. The van der Waals surface area contributed by atoms with Gasteiger partial charge in [0.25, 0.3) is 0 Å². The molecule has 0 bridgehead atoms. The third-order valence-corrected chi connectivity index (χ3v) is 5.04. The molecule has 0 aliphatic rings. The summed E-state index contributed by atoms with van der Waals surface area (Å²) in [6.07, 6.45) is 0. The highest BCUT2D eigenvalue weighted by molar-refractivity contribution is 7.80. The van der Waals surface area contributed by atoms with Crippen LogP contribution in [0.25, 0.3) is 10.7 Å². The molecule has 5 nitrogen and oxygen atoms in total. The van der Waals surface area contributed by atoms with Gasteiger partial charge in [-0.1, -0.05) is 24.3 Å². The van der Waals surface area contributed by atoms with E-state index in [9.17, 15) is 5.26 Å². The fraction of sp³-hybridized carbons (Fsp3) is 0.235. The lowest BCUT2D eigenvalue weighted by atomic mass is 10.0. The maximum Gasteiger partial charge on any atom is 0.174 e. The number of hydrogen-bond donors (Lipinski definition) is 1. The molecule has 3 rings (SSSR count). The summed E-state index contributed by atoms with van der Waals surface area (Å²) in [6.45, 7) is 1.17. The van der Waals surface area contributed by atoms with Crippen molar-refractivity contribution in [1.29, 1.82) is 5.26 Å². The summed E-state index contributed by atoms with van der Waals surface area (Å²) < 4.78 is 7.24. The molecule has 0 aliphatic carbocycles. The van der Waals surface area contributed by atoms with Gasteiger partial charge in [0.2, 0.25) is 0 Å². The Morgan fingerprint density at radius 1 is 1.29 bits per heavy atom. The molecule has 0 N–H and O–H groups in total. The van der Waals surface area contributed by atoms with Gasteiger partial charge in [0.05, 0.1) is 28.4 Å². The molecule has 1 unspecified atom stereocenters. The molecular weight excluding hydrogens is 340 g/mol. The third kappa shape index (κ3) is 3.22. The minimum atomic E-state index is -0.334. The first-order valence-corrected chi connectivity index (χ1v) is 8.79. The van der Waals surface area contributed by atoms with E-state index in [1.54, 1.807) is 24.5 Å². The lowest BCUT2D eigenvalue weighted by molar-refractivity contribution is 0.187. The number of rotatable bonds is 6. The maximum atomic E-state index is 9.34. The van der Waals surface area contributed by atoms with Crippen LogP contribution in [0.5, 0.6) is 0 Å². The molecule has 7 heteroatoms. The first kappa shape index (κ1) is 16.7. The standard InChI is InChI=1S/C17H16N4OS2/c1-22-9-8-21-16(14-7-4-10-24-14)19-20-17(21)15(23)13-6-3-2-5-12(13)11-18/h2-7,10,15,23H,8-9H2,1H3. The van der Waals surface area contributed by atoms with E-state index >= 15 is 0 Å². The highest BCUT2D eigenvalue weighted by Gasteiger charge is 2.22. The smallest absolute Gasteiger partial charge is 0.174 e. The SMILES string of the molecule is COCCn1c(-c2cccs2)nnc1C(S)c1ccccc1C#N. The molecule has 0 spiro atoms. The van der Waals surface area contributed by atoms with Crippen molar-refractivity contribution in [1.82, 2.24) is 14.8 Å². The number of hydrogen-bond acceptors (Lipinski definition) is 6. The molecule has 0 amide bonds. The zero-order chi connectivity index (χ0) is 16.9. The molecule has 24 heavy (non-hydrogen) atoms. The molecule has 122 valence electrons. The predicted molar refractivity (Wildman–Crippen MR) is 97.2 cm³/mol. The van der Waals surface area contributed by atoms with Gasteiger partial charge >= 0.3 is 0 Å². The Balaban J connectivity index is 2.05. The maximum absolute atomic E-state index is 9.34. The fourth-order valence-electron chi connectivity index (χ4n) is 2.48. The first-order chi connectivity index (χ1) is 11.8. The van der Waals surface area contributed by atoms with Crippen LogP contribution in [0, 0.1) is 11.3 Å². The summed E-state index contributed by atoms with van der Waals surface area (Å²) in [5.41, 5.74) is 1.42. The normalized spacial score (nSPS) is 12.0. The Bertz CT molecular complexity index is 852. The van der Waals surface area contributed by atoms with E-state index in [4.69, 9.17) is 17.4 Å². The van der Waals surface area contributed by atoms with Gasteiger partial charge in [-0.15, -0.1) is 21.5 Å². The highest BCUT2D eigenvalue weighted by atomic mass is 32.1. The third-order valence-electron chi connectivity index (χ3n) is 3.66. The molecule has 1 atom stereocenters. The lowest BCUT2D eigenvalue weighted by Gasteiger charge is -2.15. The van der Waals surface area contributed by atoms with Crippen molar-refractivity contribution in [2.24, 2.45) is 0 Å². The quantitative estimate of drug-likeness (QED) is 0.686. The van der Waals surface area contributed by atoms with Gasteiger partial charge in [0.1, 0.15) is 0 Å². The molecule has 0 fully saturated rings. The van der Waals surface area contributed by atoms with Crippen molar-refractivity contribution in [2.45, 2.75) is 11.8 Å². The number of nitriles is 1. The summed E-state index contributed by atoms with van der Waals surface area (Å²) in [6, 6.07) is 13.6. The van der Waals surface area contributed by atoms with E-state index in [0.717, 1.165) is 16.3 Å². The Hall–Kier alpha value is -2.14. The van der Waals surface area contributed by atoms with Gasteiger partial charge in [0, 0.05) is 13.7 Å². The second kappa shape index (κ2) is 7.62. The number of thiophene rings is 1. The van der Waals surface area contributed by atoms with Crippen LogP contribution >= 0.6 is 24.0 Å². The number of benzene rings is 1. The number of thiol groups is 1. The summed E-state index contributed by atoms with van der Waals surface area (Å²) in [5.74, 6) is 1.51. The van der Waals surface area contributed by atoms with Crippen molar-refractivity contribution in [2.75, 3.05) is 13.7 Å². The van der Waals surface area contributed by atoms with E-state index in [1.807, 2.05) is 40.3 Å². The average molecular weight is 356 g/mol. The summed E-state index contributed by atoms with van der Waals surface area (Å²) >= 11 is 6.33. The lowest BCUT2D eigenvalue weighted by Crippen LogP contribution is -2.12. The number of ether oxygens (including phenoxy) is 1. The Morgan fingerprint density at radius 2 is 2.12 bits per heavy atom. The topological polar surface area (TPSA) is 63.7 Å². The molecular formula is C17H16N4OS2. The van der Waals surface area contributed by atoms with Crippen molar-refractivity contribution in [3.63, 3.8) is 0 Å². The second-order valence-electron chi connectivity index (χ2n) is 5.11. The van der Waals surface area contributed by atoms with Crippen molar-refractivity contribution in [3.05, 3.63) is 58.7 Å². The van der Waals surface area contributed by atoms with E-state index in [2.05, 4.69) is 16.3 Å². The van der Waals surface area contributed by atoms with Gasteiger partial charge in [-0.2, -0.15) is 17.9 Å². The van der Waals surface area contributed by atoms with Gasteiger partial charge < -0.3 is 9.30 Å². The molecule has 0 saturated carbocycles. The van der Waals surface area contributed by atoms with Crippen molar-refractivity contribution >= 4 is 24.0 Å². The molecule has 3 aromatic rings. The molecule has 2 heterocycles. The highest BCUT2D eigenvalue weighted by Crippen LogP contribution is 2.32. The molecule has 2 aromatic heterocycles. The van der Waals surface area contributed by atoms with Gasteiger partial charge in [-0.05, 0) is 23.1 Å². The summed E-state index contributed by atoms with van der Waals surface area (Å²) in [5, 5.41) is 19.7. The summed E-state index contributed by atoms with van der Waals surface area (Å²) in [4.78, 5) is 1.04. The van der Waals surface area contributed by atoms with Crippen LogP contribution in [0.2, 0.25) is 0 Å². The van der Waals surface area contributed by atoms with E-state index < -0.39 is 0 Å². The van der Waals surface area contributed by atoms with Gasteiger partial charge in [-0.3, -0.25) is 0 Å². The van der Waals surface area contributed by atoms with Crippen molar-refractivity contribution < 1.29 is 4.74 Å². The van der Waals surface area contributed by atoms with Crippen LogP contribution in [-0.4, -0.2) is 28.5 Å². The average Bonchev–Trinajstić information content (AvgIpc) is 3.28. The number of aromatic nitrogens is 3. The number of methoxy groups -OCH3 is 1. The first-order valence-electron chi connectivity index (χ1n) is 7.39. The van der Waals surface area contributed by atoms with Crippen LogP contribution in [-0.2, 0) is 11.3 Å². The fourth-order valence-corrected chi connectivity index (χ4v) is 3.62. The van der Waals surface area contributed by atoms with Crippen LogP contribution < -0.4 is 0 Å². The zero-order valence-electron chi connectivity index (χ0n) is 13.1. The van der Waals surface area contributed by atoms with Gasteiger partial charge in [-0.25, -0.2) is 0 Å². The van der Waals surface area contributed by atoms with Crippen LogP contribution in [0.4, 0.5) is 0 Å².